The summed E-state index contributed by atoms with van der Waals surface area (Å²) in [6, 6.07) is 13.1. The fourth-order valence-corrected chi connectivity index (χ4v) is 4.97. The molecule has 0 saturated carbocycles. The summed E-state index contributed by atoms with van der Waals surface area (Å²) < 4.78 is 1.17. The molecule has 1 aliphatic heterocycles. The Kier molecular flexibility index (Phi) is 6.21. The number of thiazole rings is 1. The number of likely N-dealkylation sites (tertiary alicyclic amines) is 1. The first-order valence-corrected chi connectivity index (χ1v) is 11.1. The number of amides is 2. The lowest BCUT2D eigenvalue weighted by molar-refractivity contribution is 0.181. The summed E-state index contributed by atoms with van der Waals surface area (Å²) in [4.78, 5) is 19.1. The second-order valence-corrected chi connectivity index (χ2v) is 8.93. The number of nitrogens with one attached hydrogen (secondary N) is 1. The predicted octanol–water partition coefficient (Wildman–Crippen LogP) is 5.18. The Labute approximate surface area is 179 Å². The Morgan fingerprint density at radius 2 is 1.97 bits per heavy atom. The van der Waals surface area contributed by atoms with Crippen molar-refractivity contribution in [3.05, 3.63) is 58.1 Å². The molecule has 1 saturated heterocycles. The van der Waals surface area contributed by atoms with Crippen LogP contribution in [0.3, 0.4) is 0 Å². The van der Waals surface area contributed by atoms with Gasteiger partial charge in [-0.25, -0.2) is 9.78 Å². The molecule has 29 heavy (non-hydrogen) atoms. The molecule has 7 heteroatoms. The highest BCUT2D eigenvalue weighted by molar-refractivity contribution is 7.18. The molecule has 152 valence electrons. The molecule has 0 aliphatic carbocycles. The Morgan fingerprint density at radius 3 is 2.72 bits per heavy atom. The van der Waals surface area contributed by atoms with Gasteiger partial charge < -0.3 is 15.3 Å². The lowest BCUT2D eigenvalue weighted by Crippen LogP contribution is -2.44. The SMILES string of the molecule is O=C(NCCCc1ccc(O)cc1)N1CCC(c2nc3cc(Cl)ccc3s2)CC1. The molecular weight excluding hydrogens is 406 g/mol. The molecule has 2 amide bonds. The number of phenols is 1. The third-order valence-corrected chi connectivity index (χ3v) is 6.79. The summed E-state index contributed by atoms with van der Waals surface area (Å²) in [5, 5.41) is 14.2. The standard InChI is InChI=1S/C22H24ClN3O2S/c23-17-5-8-20-19(14-17)25-21(29-20)16-9-12-26(13-10-16)22(28)24-11-1-2-15-3-6-18(27)7-4-15/h3-8,14,16,27H,1-2,9-13H2,(H,24,28). The fraction of sp³-hybridized carbons (Fsp3) is 0.364. The van der Waals surface area contributed by atoms with Gasteiger partial charge in [-0.15, -0.1) is 11.3 Å². The Hall–Kier alpha value is -2.31. The summed E-state index contributed by atoms with van der Waals surface area (Å²) in [6.45, 7) is 2.16. The molecule has 0 spiro atoms. The number of carbonyl (C=O) groups excluding carboxylic acids is 1. The van der Waals surface area contributed by atoms with Crippen molar-refractivity contribution in [2.75, 3.05) is 19.6 Å². The number of carbonyl (C=O) groups is 1. The first-order chi connectivity index (χ1) is 14.1. The van der Waals surface area contributed by atoms with E-state index in [0.717, 1.165) is 54.9 Å². The molecule has 1 aromatic heterocycles. The average molecular weight is 430 g/mol. The molecule has 2 aromatic carbocycles. The summed E-state index contributed by atoms with van der Waals surface area (Å²) in [7, 11) is 0. The number of hydrogen-bond acceptors (Lipinski definition) is 4. The van der Waals surface area contributed by atoms with Crippen LogP contribution in [0.5, 0.6) is 5.75 Å². The molecule has 0 unspecified atom stereocenters. The van der Waals surface area contributed by atoms with Gasteiger partial charge in [-0.3, -0.25) is 0 Å². The quantitative estimate of drug-likeness (QED) is 0.549. The second kappa shape index (κ2) is 9.01. The van der Waals surface area contributed by atoms with E-state index in [0.29, 0.717) is 17.5 Å². The molecule has 2 heterocycles. The lowest BCUT2D eigenvalue weighted by Gasteiger charge is -2.31. The van der Waals surface area contributed by atoms with Crippen molar-refractivity contribution in [1.29, 1.82) is 0 Å². The number of hydrogen-bond donors (Lipinski definition) is 2. The van der Waals surface area contributed by atoms with E-state index in [4.69, 9.17) is 16.6 Å². The largest absolute Gasteiger partial charge is 0.508 e. The van der Waals surface area contributed by atoms with E-state index in [1.54, 1.807) is 23.5 Å². The number of benzene rings is 2. The number of nitrogens with zero attached hydrogens (tertiary/aromatic N) is 2. The first-order valence-electron chi connectivity index (χ1n) is 9.95. The zero-order valence-corrected chi connectivity index (χ0v) is 17.7. The van der Waals surface area contributed by atoms with Crippen LogP contribution in [0.15, 0.2) is 42.5 Å². The summed E-state index contributed by atoms with van der Waals surface area (Å²) >= 11 is 7.80. The highest BCUT2D eigenvalue weighted by Gasteiger charge is 2.25. The van der Waals surface area contributed by atoms with E-state index in [-0.39, 0.29) is 11.8 Å². The maximum atomic E-state index is 12.4. The summed E-state index contributed by atoms with van der Waals surface area (Å²) in [6.07, 6.45) is 3.63. The fourth-order valence-electron chi connectivity index (χ4n) is 3.68. The number of aromatic hydroxyl groups is 1. The minimum atomic E-state index is 0.0187. The predicted molar refractivity (Wildman–Crippen MR) is 118 cm³/mol. The van der Waals surface area contributed by atoms with Crippen LogP contribution in [0.25, 0.3) is 10.2 Å². The highest BCUT2D eigenvalue weighted by Crippen LogP contribution is 2.34. The van der Waals surface area contributed by atoms with Crippen molar-refractivity contribution in [3.8, 4) is 5.75 Å². The van der Waals surface area contributed by atoms with Gasteiger partial charge in [0.15, 0.2) is 0 Å². The topological polar surface area (TPSA) is 65.5 Å². The first kappa shape index (κ1) is 20.0. The Balaban J connectivity index is 1.22. The molecular formula is C22H24ClN3O2S. The van der Waals surface area contributed by atoms with Crippen molar-refractivity contribution < 1.29 is 9.90 Å². The van der Waals surface area contributed by atoms with Gasteiger partial charge in [-0.2, -0.15) is 0 Å². The molecule has 2 N–H and O–H groups in total. The summed E-state index contributed by atoms with van der Waals surface area (Å²) in [5.74, 6) is 0.685. The summed E-state index contributed by atoms with van der Waals surface area (Å²) in [5.41, 5.74) is 2.13. The number of fused-ring (bicyclic) bond motifs is 1. The van der Waals surface area contributed by atoms with Gasteiger partial charge in [0.25, 0.3) is 0 Å². The second-order valence-electron chi connectivity index (χ2n) is 7.43. The van der Waals surface area contributed by atoms with E-state index >= 15 is 0 Å². The number of halogens is 1. The monoisotopic (exact) mass is 429 g/mol. The van der Waals surface area contributed by atoms with Crippen LogP contribution in [0.2, 0.25) is 5.02 Å². The minimum absolute atomic E-state index is 0.0187. The maximum absolute atomic E-state index is 12.4. The van der Waals surface area contributed by atoms with Crippen LogP contribution >= 0.6 is 22.9 Å². The number of piperidine rings is 1. The van der Waals surface area contributed by atoms with Gasteiger partial charge >= 0.3 is 6.03 Å². The van der Waals surface area contributed by atoms with Crippen LogP contribution in [-0.2, 0) is 6.42 Å². The van der Waals surface area contributed by atoms with Gasteiger partial charge in [-0.1, -0.05) is 23.7 Å². The third-order valence-electron chi connectivity index (χ3n) is 5.35. The zero-order chi connectivity index (χ0) is 20.2. The number of aromatic nitrogens is 1. The Bertz CT molecular complexity index is 981. The smallest absolute Gasteiger partial charge is 0.317 e. The number of aryl methyl sites for hydroxylation is 1. The molecule has 0 atom stereocenters. The van der Waals surface area contributed by atoms with Gasteiger partial charge in [0.2, 0.25) is 0 Å². The van der Waals surface area contributed by atoms with Crippen molar-refractivity contribution in [2.45, 2.75) is 31.6 Å². The highest BCUT2D eigenvalue weighted by atomic mass is 35.5. The molecule has 5 nitrogen and oxygen atoms in total. The van der Waals surface area contributed by atoms with Gasteiger partial charge in [0.1, 0.15) is 5.75 Å². The van der Waals surface area contributed by atoms with Crippen molar-refractivity contribution in [2.24, 2.45) is 0 Å². The zero-order valence-electron chi connectivity index (χ0n) is 16.1. The third kappa shape index (κ3) is 5.00. The lowest BCUT2D eigenvalue weighted by atomic mass is 9.98. The number of rotatable bonds is 5. The van der Waals surface area contributed by atoms with Crippen LogP contribution in [0.4, 0.5) is 4.79 Å². The minimum Gasteiger partial charge on any atom is -0.508 e. The Morgan fingerprint density at radius 1 is 1.21 bits per heavy atom. The van der Waals surface area contributed by atoms with Gasteiger partial charge in [0.05, 0.1) is 15.2 Å². The molecule has 3 aromatic rings. The molecule has 0 bridgehead atoms. The van der Waals surface area contributed by atoms with E-state index in [1.807, 2.05) is 35.2 Å². The molecule has 1 fully saturated rings. The average Bonchev–Trinajstić information content (AvgIpc) is 3.15. The van der Waals surface area contributed by atoms with Crippen molar-refractivity contribution in [1.82, 2.24) is 15.2 Å². The van der Waals surface area contributed by atoms with Crippen LogP contribution in [-0.4, -0.2) is 40.7 Å². The van der Waals surface area contributed by atoms with Crippen LogP contribution in [0, 0.1) is 0 Å². The van der Waals surface area contributed by atoms with Crippen LogP contribution < -0.4 is 5.32 Å². The number of phenolic OH excluding ortho intramolecular Hbond substituents is 1. The number of urea groups is 1. The van der Waals surface area contributed by atoms with Gasteiger partial charge in [-0.05, 0) is 61.6 Å². The van der Waals surface area contributed by atoms with Gasteiger partial charge in [0, 0.05) is 30.6 Å². The van der Waals surface area contributed by atoms with E-state index in [2.05, 4.69) is 5.32 Å². The normalized spacial score (nSPS) is 15.0. The maximum Gasteiger partial charge on any atom is 0.317 e. The van der Waals surface area contributed by atoms with Crippen molar-refractivity contribution >= 4 is 39.2 Å². The molecule has 1 aliphatic rings. The molecule has 4 rings (SSSR count). The van der Waals surface area contributed by atoms with E-state index in [9.17, 15) is 9.90 Å². The molecule has 0 radical (unpaired) electrons. The van der Waals surface area contributed by atoms with Crippen molar-refractivity contribution in [3.63, 3.8) is 0 Å². The van der Waals surface area contributed by atoms with E-state index in [1.165, 1.54) is 4.70 Å². The van der Waals surface area contributed by atoms with Crippen LogP contribution in [0.1, 0.15) is 35.8 Å². The van der Waals surface area contributed by atoms with E-state index < -0.39 is 0 Å².